The number of hydrogen-bond acceptors (Lipinski definition) is 3. The molecule has 1 aliphatic rings. The highest BCUT2D eigenvalue weighted by Gasteiger charge is 2.42. The Bertz CT molecular complexity index is 578. The summed E-state index contributed by atoms with van der Waals surface area (Å²) in [6.45, 7) is 1.84. The minimum atomic E-state index is -1.21. The van der Waals surface area contributed by atoms with Crippen LogP contribution >= 0.6 is 0 Å². The van der Waals surface area contributed by atoms with Crippen LogP contribution in [0.4, 0.5) is 0 Å². The second-order valence-electron chi connectivity index (χ2n) is 6.17. The number of hydrogen-bond donors (Lipinski definition) is 3. The van der Waals surface area contributed by atoms with Crippen LogP contribution in [-0.4, -0.2) is 35.0 Å². The zero-order valence-corrected chi connectivity index (χ0v) is 13.2. The zero-order chi connectivity index (χ0) is 16.9. The molecule has 0 heterocycles. The molecule has 0 aliphatic heterocycles. The van der Waals surface area contributed by atoms with Crippen molar-refractivity contribution in [3.63, 3.8) is 0 Å². The van der Waals surface area contributed by atoms with Crippen molar-refractivity contribution in [3.8, 4) is 0 Å². The number of amides is 2. The van der Waals surface area contributed by atoms with Gasteiger partial charge in [-0.2, -0.15) is 0 Å². The predicted octanol–water partition coefficient (Wildman–Crippen LogP) is 1.57. The molecule has 23 heavy (non-hydrogen) atoms. The molecule has 1 fully saturated rings. The van der Waals surface area contributed by atoms with Crippen LogP contribution in [0.2, 0.25) is 0 Å². The summed E-state index contributed by atoms with van der Waals surface area (Å²) in [4.78, 5) is 35.5. The molecule has 0 saturated heterocycles. The van der Waals surface area contributed by atoms with E-state index in [1.54, 1.807) is 30.3 Å². The highest BCUT2D eigenvalue weighted by atomic mass is 16.4. The van der Waals surface area contributed by atoms with Gasteiger partial charge in [0.15, 0.2) is 0 Å². The van der Waals surface area contributed by atoms with Crippen molar-refractivity contribution in [3.05, 3.63) is 35.9 Å². The smallest absolute Gasteiger partial charge is 0.329 e. The minimum Gasteiger partial charge on any atom is -0.480 e. The van der Waals surface area contributed by atoms with Crippen molar-refractivity contribution >= 4 is 17.8 Å². The van der Waals surface area contributed by atoms with Gasteiger partial charge < -0.3 is 15.7 Å². The third kappa shape index (κ3) is 4.31. The van der Waals surface area contributed by atoms with E-state index >= 15 is 0 Å². The first-order valence-electron chi connectivity index (χ1n) is 7.80. The molecular weight excluding hydrogens is 296 g/mol. The topological polar surface area (TPSA) is 95.5 Å². The van der Waals surface area contributed by atoms with Crippen LogP contribution < -0.4 is 10.6 Å². The number of rotatable bonds is 5. The van der Waals surface area contributed by atoms with Crippen molar-refractivity contribution in [2.75, 3.05) is 6.54 Å². The molecule has 1 aromatic carbocycles. The fraction of sp³-hybridized carbons (Fsp3) is 0.471. The summed E-state index contributed by atoms with van der Waals surface area (Å²) in [5, 5.41) is 14.6. The van der Waals surface area contributed by atoms with Gasteiger partial charge in [0.1, 0.15) is 5.54 Å². The van der Waals surface area contributed by atoms with E-state index in [9.17, 15) is 19.5 Å². The Morgan fingerprint density at radius 2 is 1.78 bits per heavy atom. The zero-order valence-electron chi connectivity index (χ0n) is 13.2. The highest BCUT2D eigenvalue weighted by molar-refractivity contribution is 5.97. The van der Waals surface area contributed by atoms with Gasteiger partial charge in [-0.1, -0.05) is 25.1 Å². The van der Waals surface area contributed by atoms with E-state index in [0.717, 1.165) is 12.8 Å². The van der Waals surface area contributed by atoms with Crippen LogP contribution in [0.5, 0.6) is 0 Å². The maximum absolute atomic E-state index is 12.0. The molecule has 0 unspecified atom stereocenters. The van der Waals surface area contributed by atoms with E-state index in [0.29, 0.717) is 24.3 Å². The fourth-order valence-corrected chi connectivity index (χ4v) is 2.81. The Morgan fingerprint density at radius 1 is 1.17 bits per heavy atom. The van der Waals surface area contributed by atoms with Crippen LogP contribution in [0.25, 0.3) is 0 Å². The largest absolute Gasteiger partial charge is 0.480 e. The summed E-state index contributed by atoms with van der Waals surface area (Å²) in [6.07, 6.45) is 2.37. The average molecular weight is 318 g/mol. The van der Waals surface area contributed by atoms with Crippen molar-refractivity contribution in [2.24, 2.45) is 5.92 Å². The number of aliphatic carboxylic acids is 1. The Kier molecular flexibility index (Phi) is 5.36. The van der Waals surface area contributed by atoms with Gasteiger partial charge in [-0.15, -0.1) is 0 Å². The Balaban J connectivity index is 1.90. The third-order valence-electron chi connectivity index (χ3n) is 4.36. The van der Waals surface area contributed by atoms with Gasteiger partial charge in [-0.3, -0.25) is 9.59 Å². The van der Waals surface area contributed by atoms with Crippen molar-refractivity contribution in [2.45, 2.75) is 38.1 Å². The quantitative estimate of drug-likeness (QED) is 0.768. The molecule has 3 N–H and O–H groups in total. The highest BCUT2D eigenvalue weighted by Crippen LogP contribution is 2.32. The van der Waals surface area contributed by atoms with Crippen LogP contribution in [0.15, 0.2) is 30.3 Å². The maximum atomic E-state index is 12.0. The van der Waals surface area contributed by atoms with Crippen LogP contribution in [0, 0.1) is 5.92 Å². The van der Waals surface area contributed by atoms with E-state index in [-0.39, 0.29) is 12.5 Å². The van der Waals surface area contributed by atoms with E-state index in [1.165, 1.54) is 0 Å². The lowest BCUT2D eigenvalue weighted by atomic mass is 9.77. The number of carboxylic acids is 1. The van der Waals surface area contributed by atoms with Crippen LogP contribution in [-0.2, 0) is 9.59 Å². The van der Waals surface area contributed by atoms with Gasteiger partial charge in [-0.25, -0.2) is 4.79 Å². The van der Waals surface area contributed by atoms with Crippen molar-refractivity contribution in [1.29, 1.82) is 0 Å². The van der Waals surface area contributed by atoms with Crippen LogP contribution in [0.1, 0.15) is 43.0 Å². The molecule has 2 rings (SSSR count). The van der Waals surface area contributed by atoms with Crippen molar-refractivity contribution < 1.29 is 19.5 Å². The molecule has 0 aromatic heterocycles. The lowest BCUT2D eigenvalue weighted by molar-refractivity contribution is -0.149. The minimum absolute atomic E-state index is 0.238. The Hall–Kier alpha value is -2.37. The summed E-state index contributed by atoms with van der Waals surface area (Å²) in [5.74, 6) is -1.38. The number of carbonyl (C=O) groups is 3. The van der Waals surface area contributed by atoms with E-state index in [1.807, 2.05) is 0 Å². The summed E-state index contributed by atoms with van der Waals surface area (Å²) in [5.41, 5.74) is -0.749. The third-order valence-corrected chi connectivity index (χ3v) is 4.36. The van der Waals surface area contributed by atoms with Gasteiger partial charge in [0, 0.05) is 5.56 Å². The lowest BCUT2D eigenvalue weighted by Crippen LogP contribution is -2.58. The molecule has 1 aromatic rings. The Morgan fingerprint density at radius 3 is 2.35 bits per heavy atom. The van der Waals surface area contributed by atoms with E-state index in [2.05, 4.69) is 17.6 Å². The van der Waals surface area contributed by atoms with Gasteiger partial charge in [0.25, 0.3) is 5.91 Å². The first-order chi connectivity index (χ1) is 10.9. The average Bonchev–Trinajstić information content (AvgIpc) is 2.55. The number of carbonyl (C=O) groups excluding carboxylic acids is 2. The second-order valence-corrected chi connectivity index (χ2v) is 6.17. The molecule has 6 nitrogen and oxygen atoms in total. The molecule has 0 radical (unpaired) electrons. The summed E-state index contributed by atoms with van der Waals surface area (Å²) in [7, 11) is 0. The molecule has 1 saturated carbocycles. The van der Waals surface area contributed by atoms with Crippen LogP contribution in [0.3, 0.4) is 0 Å². The molecule has 1 aliphatic carbocycles. The van der Waals surface area contributed by atoms with Gasteiger partial charge in [0.2, 0.25) is 5.91 Å². The van der Waals surface area contributed by atoms with Gasteiger partial charge in [-0.05, 0) is 43.7 Å². The standard InChI is InChI=1S/C17H22N2O4/c1-12-7-9-17(10-8-12,16(22)23)19-14(20)11-18-15(21)13-5-3-2-4-6-13/h2-6,12H,7-11H2,1H3,(H,18,21)(H,19,20)(H,22,23). The molecule has 0 spiro atoms. The number of nitrogens with one attached hydrogen (secondary N) is 2. The lowest BCUT2D eigenvalue weighted by Gasteiger charge is -2.36. The van der Waals surface area contributed by atoms with Gasteiger partial charge in [0.05, 0.1) is 6.54 Å². The molecular formula is C17H22N2O4. The second kappa shape index (κ2) is 7.26. The maximum Gasteiger partial charge on any atom is 0.329 e. The molecule has 2 amide bonds. The number of benzene rings is 1. The Labute approximate surface area is 135 Å². The summed E-state index contributed by atoms with van der Waals surface area (Å²) in [6, 6.07) is 8.56. The summed E-state index contributed by atoms with van der Waals surface area (Å²) < 4.78 is 0. The monoisotopic (exact) mass is 318 g/mol. The van der Waals surface area contributed by atoms with E-state index < -0.39 is 17.4 Å². The van der Waals surface area contributed by atoms with E-state index in [4.69, 9.17) is 0 Å². The first-order valence-corrected chi connectivity index (χ1v) is 7.80. The normalized spacial score (nSPS) is 23.8. The predicted molar refractivity (Wildman–Crippen MR) is 84.9 cm³/mol. The molecule has 6 heteroatoms. The van der Waals surface area contributed by atoms with Crippen molar-refractivity contribution in [1.82, 2.24) is 10.6 Å². The summed E-state index contributed by atoms with van der Waals surface area (Å²) >= 11 is 0. The fourth-order valence-electron chi connectivity index (χ4n) is 2.81. The first kappa shape index (κ1) is 17.0. The number of carboxylic acid groups (broad SMARTS) is 1. The van der Waals surface area contributed by atoms with Gasteiger partial charge >= 0.3 is 5.97 Å². The molecule has 0 atom stereocenters. The molecule has 0 bridgehead atoms. The molecule has 124 valence electrons. The SMILES string of the molecule is CC1CCC(NC(=O)CNC(=O)c2ccccc2)(C(=O)O)CC1.